The van der Waals surface area contributed by atoms with E-state index in [1.165, 1.54) is 32.4 Å². The zero-order valence-electron chi connectivity index (χ0n) is 9.00. The van der Waals surface area contributed by atoms with Gasteiger partial charge >= 0.3 is 0 Å². The maximum absolute atomic E-state index is 9.29. The third-order valence-electron chi connectivity index (χ3n) is 2.86. The van der Waals surface area contributed by atoms with E-state index in [4.69, 9.17) is 0 Å². The summed E-state index contributed by atoms with van der Waals surface area (Å²) in [6.07, 6.45) is 5.13. The Balaban J connectivity index is 2.34. The predicted molar refractivity (Wildman–Crippen MR) is 55.8 cm³/mol. The first-order valence-corrected chi connectivity index (χ1v) is 5.59. The third kappa shape index (κ3) is 3.65. The average Bonchev–Trinajstić information content (AvgIpc) is 2.15. The number of hydrogen-bond donors (Lipinski definition) is 1. The van der Waals surface area contributed by atoms with Gasteiger partial charge in [-0.15, -0.1) is 0 Å². The Labute approximate surface area is 81.9 Å². The maximum Gasteiger partial charge on any atom is 0.0586 e. The summed E-state index contributed by atoms with van der Waals surface area (Å²) in [4.78, 5) is 2.46. The average molecular weight is 185 g/mol. The quantitative estimate of drug-likeness (QED) is 0.723. The molecule has 0 aromatic carbocycles. The number of hydrogen-bond acceptors (Lipinski definition) is 2. The lowest BCUT2D eigenvalue weighted by Gasteiger charge is -2.34. The number of nitrogens with zero attached hydrogens (tertiary/aromatic N) is 1. The topological polar surface area (TPSA) is 23.5 Å². The fourth-order valence-corrected chi connectivity index (χ4v) is 2.17. The Bertz CT molecular complexity index is 130. The Kier molecular flexibility index (Phi) is 4.74. The van der Waals surface area contributed by atoms with Gasteiger partial charge in [-0.1, -0.05) is 20.3 Å². The standard InChI is InChI=1S/C11H23NO/c1-10(2)8-11(9-13)12-6-4-3-5-7-12/h10-11,13H,3-9H2,1-2H3. The van der Waals surface area contributed by atoms with Gasteiger partial charge in [0.25, 0.3) is 0 Å². The molecule has 0 bridgehead atoms. The lowest BCUT2D eigenvalue weighted by molar-refractivity contribution is 0.0900. The Morgan fingerprint density at radius 3 is 2.23 bits per heavy atom. The van der Waals surface area contributed by atoms with Crippen molar-refractivity contribution >= 4 is 0 Å². The van der Waals surface area contributed by atoms with Gasteiger partial charge < -0.3 is 5.11 Å². The predicted octanol–water partition coefficient (Wildman–Crippen LogP) is 1.88. The second kappa shape index (κ2) is 5.61. The van der Waals surface area contributed by atoms with Crippen molar-refractivity contribution in [3.63, 3.8) is 0 Å². The van der Waals surface area contributed by atoms with Gasteiger partial charge in [-0.2, -0.15) is 0 Å². The van der Waals surface area contributed by atoms with Crippen LogP contribution in [0.1, 0.15) is 39.5 Å². The SMILES string of the molecule is CC(C)CC(CO)N1CCCCC1. The highest BCUT2D eigenvalue weighted by molar-refractivity contribution is 4.75. The van der Waals surface area contributed by atoms with E-state index in [9.17, 15) is 5.11 Å². The summed E-state index contributed by atoms with van der Waals surface area (Å²) in [5, 5.41) is 9.29. The molecule has 1 rings (SSSR count). The summed E-state index contributed by atoms with van der Waals surface area (Å²) >= 11 is 0. The summed E-state index contributed by atoms with van der Waals surface area (Å²) < 4.78 is 0. The van der Waals surface area contributed by atoms with Crippen LogP contribution in [0.3, 0.4) is 0 Å². The fraction of sp³-hybridized carbons (Fsp3) is 1.00. The van der Waals surface area contributed by atoms with Gasteiger partial charge in [0.05, 0.1) is 6.61 Å². The molecular formula is C11H23NO. The van der Waals surface area contributed by atoms with E-state index in [2.05, 4.69) is 18.7 Å². The number of rotatable bonds is 4. The van der Waals surface area contributed by atoms with Gasteiger partial charge in [-0.25, -0.2) is 0 Å². The summed E-state index contributed by atoms with van der Waals surface area (Å²) in [7, 11) is 0. The smallest absolute Gasteiger partial charge is 0.0586 e. The highest BCUT2D eigenvalue weighted by Gasteiger charge is 2.20. The molecule has 1 unspecified atom stereocenters. The molecule has 1 heterocycles. The molecule has 0 aromatic heterocycles. The largest absolute Gasteiger partial charge is 0.395 e. The van der Waals surface area contributed by atoms with Crippen molar-refractivity contribution in [2.24, 2.45) is 5.92 Å². The van der Waals surface area contributed by atoms with Gasteiger partial charge in [0, 0.05) is 6.04 Å². The second-order valence-corrected chi connectivity index (χ2v) is 4.56. The number of aliphatic hydroxyl groups excluding tert-OH is 1. The molecule has 1 aliphatic heterocycles. The highest BCUT2D eigenvalue weighted by Crippen LogP contribution is 2.16. The van der Waals surface area contributed by atoms with Crippen LogP contribution in [0.4, 0.5) is 0 Å². The van der Waals surface area contributed by atoms with Crippen LogP contribution in [0, 0.1) is 5.92 Å². The molecule has 13 heavy (non-hydrogen) atoms. The first-order chi connectivity index (χ1) is 6.24. The normalized spacial score (nSPS) is 22.2. The van der Waals surface area contributed by atoms with Gasteiger partial charge in [0.1, 0.15) is 0 Å². The first kappa shape index (κ1) is 11.0. The van der Waals surface area contributed by atoms with E-state index in [-0.39, 0.29) is 0 Å². The molecule has 1 N–H and O–H groups in total. The van der Waals surface area contributed by atoms with Crippen molar-refractivity contribution in [3.05, 3.63) is 0 Å². The zero-order chi connectivity index (χ0) is 9.68. The van der Waals surface area contributed by atoms with E-state index in [1.807, 2.05) is 0 Å². The van der Waals surface area contributed by atoms with Crippen molar-refractivity contribution in [2.75, 3.05) is 19.7 Å². The summed E-state index contributed by atoms with van der Waals surface area (Å²) in [6.45, 7) is 7.17. The number of aliphatic hydroxyl groups is 1. The van der Waals surface area contributed by atoms with Crippen LogP contribution >= 0.6 is 0 Å². The van der Waals surface area contributed by atoms with Crippen LogP contribution in [0.25, 0.3) is 0 Å². The van der Waals surface area contributed by atoms with Crippen LogP contribution < -0.4 is 0 Å². The fourth-order valence-electron chi connectivity index (χ4n) is 2.17. The van der Waals surface area contributed by atoms with Crippen molar-refractivity contribution in [1.29, 1.82) is 0 Å². The molecule has 1 fully saturated rings. The van der Waals surface area contributed by atoms with Gasteiger partial charge in [-0.3, -0.25) is 4.90 Å². The molecule has 1 atom stereocenters. The van der Waals surface area contributed by atoms with Crippen LogP contribution in [-0.4, -0.2) is 35.7 Å². The van der Waals surface area contributed by atoms with Crippen LogP contribution in [-0.2, 0) is 0 Å². The van der Waals surface area contributed by atoms with Gasteiger partial charge in [-0.05, 0) is 38.3 Å². The summed E-state index contributed by atoms with van der Waals surface area (Å²) in [6, 6.07) is 0.417. The van der Waals surface area contributed by atoms with Crippen molar-refractivity contribution in [3.8, 4) is 0 Å². The van der Waals surface area contributed by atoms with Crippen LogP contribution in [0.5, 0.6) is 0 Å². The lowest BCUT2D eigenvalue weighted by atomic mass is 10.0. The van der Waals surface area contributed by atoms with Gasteiger partial charge in [0.15, 0.2) is 0 Å². The third-order valence-corrected chi connectivity index (χ3v) is 2.86. The Morgan fingerprint density at radius 2 is 1.77 bits per heavy atom. The minimum atomic E-state index is 0.332. The van der Waals surface area contributed by atoms with E-state index in [0.29, 0.717) is 18.6 Å². The molecule has 0 aliphatic carbocycles. The summed E-state index contributed by atoms with van der Waals surface area (Å²) in [5.41, 5.74) is 0. The lowest BCUT2D eigenvalue weighted by Crippen LogP contribution is -2.42. The summed E-state index contributed by atoms with van der Waals surface area (Å²) in [5.74, 6) is 0.694. The number of piperidine rings is 1. The van der Waals surface area contributed by atoms with E-state index in [0.717, 1.165) is 6.42 Å². The first-order valence-electron chi connectivity index (χ1n) is 5.59. The van der Waals surface area contributed by atoms with Crippen LogP contribution in [0.2, 0.25) is 0 Å². The van der Waals surface area contributed by atoms with Crippen molar-refractivity contribution in [2.45, 2.75) is 45.6 Å². The molecule has 1 aliphatic rings. The Hall–Kier alpha value is -0.0800. The molecule has 0 amide bonds. The van der Waals surface area contributed by atoms with E-state index >= 15 is 0 Å². The molecule has 78 valence electrons. The molecule has 0 aromatic rings. The zero-order valence-corrected chi connectivity index (χ0v) is 9.00. The molecule has 0 spiro atoms. The Morgan fingerprint density at radius 1 is 1.15 bits per heavy atom. The van der Waals surface area contributed by atoms with Crippen molar-refractivity contribution < 1.29 is 5.11 Å². The van der Waals surface area contributed by atoms with Crippen molar-refractivity contribution in [1.82, 2.24) is 4.90 Å². The van der Waals surface area contributed by atoms with Gasteiger partial charge in [0.2, 0.25) is 0 Å². The molecule has 0 radical (unpaired) electrons. The van der Waals surface area contributed by atoms with Crippen LogP contribution in [0.15, 0.2) is 0 Å². The minimum absolute atomic E-state index is 0.332. The highest BCUT2D eigenvalue weighted by atomic mass is 16.3. The monoisotopic (exact) mass is 185 g/mol. The second-order valence-electron chi connectivity index (χ2n) is 4.56. The molecule has 1 saturated heterocycles. The molecular weight excluding hydrogens is 162 g/mol. The molecule has 0 saturated carbocycles. The number of likely N-dealkylation sites (tertiary alicyclic amines) is 1. The maximum atomic E-state index is 9.29. The van der Waals surface area contributed by atoms with E-state index < -0.39 is 0 Å². The molecule has 2 nitrogen and oxygen atoms in total. The molecule has 2 heteroatoms. The minimum Gasteiger partial charge on any atom is -0.395 e. The van der Waals surface area contributed by atoms with E-state index in [1.54, 1.807) is 0 Å².